The van der Waals surface area contributed by atoms with E-state index in [4.69, 9.17) is 4.74 Å². The van der Waals surface area contributed by atoms with E-state index < -0.39 is 0 Å². The lowest BCUT2D eigenvalue weighted by molar-refractivity contribution is 0.406. The lowest BCUT2D eigenvalue weighted by Crippen LogP contribution is -2.03. The van der Waals surface area contributed by atoms with Crippen LogP contribution in [0.4, 0.5) is 4.39 Å². The van der Waals surface area contributed by atoms with E-state index in [2.05, 4.69) is 47.8 Å². The van der Waals surface area contributed by atoms with Gasteiger partial charge in [0.15, 0.2) is 0 Å². The van der Waals surface area contributed by atoms with Gasteiger partial charge in [-0.3, -0.25) is 0 Å². The van der Waals surface area contributed by atoms with Gasteiger partial charge in [-0.2, -0.15) is 0 Å². The Labute approximate surface area is 149 Å². The van der Waals surface area contributed by atoms with Gasteiger partial charge in [0, 0.05) is 10.0 Å². The number of alkyl halides is 1. The van der Waals surface area contributed by atoms with Crippen LogP contribution < -0.4 is 4.74 Å². The van der Waals surface area contributed by atoms with E-state index in [0.29, 0.717) is 4.47 Å². The second-order valence-corrected chi connectivity index (χ2v) is 7.41. The molecule has 0 N–H and O–H groups in total. The minimum absolute atomic E-state index is 0.0828. The summed E-state index contributed by atoms with van der Waals surface area (Å²) in [6.07, 6.45) is 0. The number of halogens is 4. The van der Waals surface area contributed by atoms with Crippen molar-refractivity contribution >= 4 is 47.8 Å². The van der Waals surface area contributed by atoms with Crippen molar-refractivity contribution in [3.8, 4) is 5.75 Å². The molecule has 21 heavy (non-hydrogen) atoms. The SMILES string of the molecule is COc1c(C)cc(Br)c(C)c1C(Br)c1ccc(F)c(Br)c1. The maximum atomic E-state index is 13.4. The lowest BCUT2D eigenvalue weighted by Gasteiger charge is -2.20. The summed E-state index contributed by atoms with van der Waals surface area (Å²) >= 11 is 10.5. The first kappa shape index (κ1) is 17.0. The number of ether oxygens (including phenoxy) is 1. The van der Waals surface area contributed by atoms with Crippen molar-refractivity contribution in [1.82, 2.24) is 0 Å². The first-order valence-corrected chi connectivity index (χ1v) is 8.79. The maximum absolute atomic E-state index is 13.4. The average Bonchev–Trinajstić information content (AvgIpc) is 2.44. The molecule has 0 amide bonds. The Bertz CT molecular complexity index is 686. The quantitative estimate of drug-likeness (QED) is 0.458. The molecule has 0 aliphatic heterocycles. The van der Waals surface area contributed by atoms with Crippen LogP contribution in [-0.4, -0.2) is 7.11 Å². The molecule has 0 aliphatic carbocycles. The Morgan fingerprint density at radius 1 is 1.10 bits per heavy atom. The van der Waals surface area contributed by atoms with Gasteiger partial charge < -0.3 is 4.74 Å². The van der Waals surface area contributed by atoms with Crippen LogP contribution in [0, 0.1) is 19.7 Å². The van der Waals surface area contributed by atoms with Crippen LogP contribution in [0.3, 0.4) is 0 Å². The molecule has 0 saturated heterocycles. The highest BCUT2D eigenvalue weighted by Gasteiger charge is 2.22. The summed E-state index contributed by atoms with van der Waals surface area (Å²) < 4.78 is 20.5. The molecule has 112 valence electrons. The summed E-state index contributed by atoms with van der Waals surface area (Å²) in [4.78, 5) is -0.0828. The van der Waals surface area contributed by atoms with E-state index in [1.165, 1.54) is 6.07 Å². The summed E-state index contributed by atoms with van der Waals surface area (Å²) in [5.74, 6) is 0.575. The molecule has 0 aromatic heterocycles. The molecule has 5 heteroatoms. The summed E-state index contributed by atoms with van der Waals surface area (Å²) in [6.45, 7) is 4.04. The molecule has 0 fully saturated rings. The molecule has 2 aromatic carbocycles. The molecule has 1 atom stereocenters. The molecular formula is C16H14Br3FO. The van der Waals surface area contributed by atoms with Crippen LogP contribution in [0.1, 0.15) is 27.1 Å². The molecule has 2 aromatic rings. The lowest BCUT2D eigenvalue weighted by atomic mass is 9.97. The fraction of sp³-hybridized carbons (Fsp3) is 0.250. The normalized spacial score (nSPS) is 12.3. The van der Waals surface area contributed by atoms with Gasteiger partial charge in [0.2, 0.25) is 0 Å². The summed E-state index contributed by atoms with van der Waals surface area (Å²) in [5, 5.41) is 0. The Balaban J connectivity index is 2.62. The third-order valence-electron chi connectivity index (χ3n) is 3.40. The largest absolute Gasteiger partial charge is 0.496 e. The summed E-state index contributed by atoms with van der Waals surface area (Å²) in [5.41, 5.74) is 4.15. The first-order valence-electron chi connectivity index (χ1n) is 6.29. The predicted molar refractivity (Wildman–Crippen MR) is 95.0 cm³/mol. The fourth-order valence-electron chi connectivity index (χ4n) is 2.29. The van der Waals surface area contributed by atoms with E-state index in [1.54, 1.807) is 19.2 Å². The van der Waals surface area contributed by atoms with E-state index in [9.17, 15) is 4.39 Å². The van der Waals surface area contributed by atoms with Gasteiger partial charge in [0.1, 0.15) is 11.6 Å². The first-order chi connectivity index (χ1) is 9.86. The van der Waals surface area contributed by atoms with Crippen molar-refractivity contribution in [2.75, 3.05) is 7.11 Å². The van der Waals surface area contributed by atoms with Crippen molar-refractivity contribution in [3.05, 3.63) is 61.3 Å². The molecule has 0 aliphatic rings. The van der Waals surface area contributed by atoms with Gasteiger partial charge in [0.05, 0.1) is 16.4 Å². The smallest absolute Gasteiger partial charge is 0.137 e. The Hall–Kier alpha value is -0.390. The number of benzene rings is 2. The van der Waals surface area contributed by atoms with E-state index in [-0.39, 0.29) is 10.6 Å². The van der Waals surface area contributed by atoms with E-state index in [1.807, 2.05) is 19.9 Å². The van der Waals surface area contributed by atoms with Crippen LogP contribution in [0.15, 0.2) is 33.2 Å². The predicted octanol–water partition coefficient (Wildman–Crippen LogP) is 6.46. The van der Waals surface area contributed by atoms with Crippen LogP contribution in [0.5, 0.6) is 5.75 Å². The number of aryl methyl sites for hydroxylation is 1. The Morgan fingerprint density at radius 3 is 2.33 bits per heavy atom. The molecule has 0 heterocycles. The fourth-order valence-corrected chi connectivity index (χ4v) is 4.08. The second-order valence-electron chi connectivity index (χ2n) is 4.78. The van der Waals surface area contributed by atoms with Crippen LogP contribution >= 0.6 is 47.8 Å². The second kappa shape index (κ2) is 6.80. The van der Waals surface area contributed by atoms with Crippen LogP contribution in [0.25, 0.3) is 0 Å². The third kappa shape index (κ3) is 3.35. The van der Waals surface area contributed by atoms with Crippen molar-refractivity contribution in [2.45, 2.75) is 18.7 Å². The molecule has 0 spiro atoms. The molecular weight excluding hydrogens is 467 g/mol. The highest BCUT2D eigenvalue weighted by molar-refractivity contribution is 9.11. The van der Waals surface area contributed by atoms with Crippen LogP contribution in [0.2, 0.25) is 0 Å². The van der Waals surface area contributed by atoms with Gasteiger partial charge in [-0.15, -0.1) is 0 Å². The number of methoxy groups -OCH3 is 1. The minimum atomic E-state index is -0.271. The Kier molecular flexibility index (Phi) is 5.49. The molecule has 1 nitrogen and oxygen atoms in total. The minimum Gasteiger partial charge on any atom is -0.496 e. The standard InChI is InChI=1S/C16H14Br3FO/c1-8-6-11(17)9(2)14(16(8)21-3)15(19)10-4-5-13(20)12(18)7-10/h4-7,15H,1-3H3. The molecule has 0 bridgehead atoms. The Morgan fingerprint density at radius 2 is 1.76 bits per heavy atom. The zero-order valence-electron chi connectivity index (χ0n) is 11.8. The highest BCUT2D eigenvalue weighted by atomic mass is 79.9. The van der Waals surface area contributed by atoms with Gasteiger partial charge in [0.25, 0.3) is 0 Å². The molecule has 1 unspecified atom stereocenters. The summed E-state index contributed by atoms with van der Waals surface area (Å²) in [7, 11) is 1.67. The summed E-state index contributed by atoms with van der Waals surface area (Å²) in [6, 6.07) is 7.05. The third-order valence-corrected chi connectivity index (χ3v) is 5.82. The van der Waals surface area contributed by atoms with Crippen molar-refractivity contribution in [1.29, 1.82) is 0 Å². The number of hydrogen-bond acceptors (Lipinski definition) is 1. The molecule has 2 rings (SSSR count). The van der Waals surface area contributed by atoms with Gasteiger partial charge in [-0.25, -0.2) is 4.39 Å². The van der Waals surface area contributed by atoms with Crippen molar-refractivity contribution in [2.24, 2.45) is 0 Å². The van der Waals surface area contributed by atoms with Gasteiger partial charge in [-0.05, 0) is 64.7 Å². The number of hydrogen-bond donors (Lipinski definition) is 0. The zero-order chi connectivity index (χ0) is 15.7. The highest BCUT2D eigenvalue weighted by Crippen LogP contribution is 2.43. The van der Waals surface area contributed by atoms with Gasteiger partial charge in [-0.1, -0.05) is 37.9 Å². The van der Waals surface area contributed by atoms with Crippen molar-refractivity contribution in [3.63, 3.8) is 0 Å². The van der Waals surface area contributed by atoms with E-state index >= 15 is 0 Å². The molecule has 0 radical (unpaired) electrons. The average molecular weight is 481 g/mol. The maximum Gasteiger partial charge on any atom is 0.137 e. The topological polar surface area (TPSA) is 9.23 Å². The monoisotopic (exact) mass is 478 g/mol. The van der Waals surface area contributed by atoms with Crippen LogP contribution in [-0.2, 0) is 0 Å². The van der Waals surface area contributed by atoms with Crippen molar-refractivity contribution < 1.29 is 9.13 Å². The number of rotatable bonds is 3. The van der Waals surface area contributed by atoms with E-state index in [0.717, 1.165) is 32.5 Å². The molecule has 0 saturated carbocycles. The zero-order valence-corrected chi connectivity index (χ0v) is 16.6. The van der Waals surface area contributed by atoms with Gasteiger partial charge >= 0.3 is 0 Å².